The Morgan fingerprint density at radius 3 is 3.18 bits per heavy atom. The maximum atomic E-state index is 4.38. The van der Waals surface area contributed by atoms with Crippen molar-refractivity contribution in [3.8, 4) is 0 Å². The van der Waals surface area contributed by atoms with Crippen LogP contribution in [0.3, 0.4) is 0 Å². The molecule has 0 saturated heterocycles. The van der Waals surface area contributed by atoms with Gasteiger partial charge in [0.05, 0.1) is 6.20 Å². The number of hydrogen-bond acceptors (Lipinski definition) is 3. The number of hydrogen-bond donors (Lipinski definition) is 1. The smallest absolute Gasteiger partial charge is 0.0534 e. The second-order valence-electron chi connectivity index (χ2n) is 4.12. The maximum absolute atomic E-state index is 4.38. The van der Waals surface area contributed by atoms with E-state index in [2.05, 4.69) is 41.0 Å². The molecule has 92 valence electrons. The molecule has 0 spiro atoms. The molecule has 0 amide bonds. The van der Waals surface area contributed by atoms with Crippen LogP contribution in [0.25, 0.3) is 0 Å². The van der Waals surface area contributed by atoms with Crippen LogP contribution in [0.4, 0.5) is 0 Å². The monoisotopic (exact) mass is 249 g/mol. The van der Waals surface area contributed by atoms with Crippen molar-refractivity contribution in [1.29, 1.82) is 0 Å². The Hall–Kier alpha value is -1.13. The van der Waals surface area contributed by atoms with E-state index in [1.54, 1.807) is 0 Å². The number of aromatic nitrogens is 2. The highest BCUT2D eigenvalue weighted by molar-refractivity contribution is 7.09. The molecule has 4 heteroatoms. The van der Waals surface area contributed by atoms with E-state index in [0.717, 1.165) is 26.1 Å². The molecule has 0 aliphatic carbocycles. The largest absolute Gasteiger partial charge is 0.313 e. The molecule has 0 aromatic carbocycles. The topological polar surface area (TPSA) is 29.9 Å². The lowest BCUT2D eigenvalue weighted by molar-refractivity contribution is 0.616. The highest BCUT2D eigenvalue weighted by atomic mass is 32.1. The van der Waals surface area contributed by atoms with Crippen LogP contribution in [0, 0.1) is 0 Å². The van der Waals surface area contributed by atoms with Crippen LogP contribution in [0.2, 0.25) is 0 Å². The quantitative estimate of drug-likeness (QED) is 0.765. The Balaban J connectivity index is 1.77. The van der Waals surface area contributed by atoms with Crippen molar-refractivity contribution >= 4 is 11.3 Å². The van der Waals surface area contributed by atoms with Gasteiger partial charge in [-0.05, 0) is 24.4 Å². The zero-order valence-corrected chi connectivity index (χ0v) is 11.0. The molecule has 17 heavy (non-hydrogen) atoms. The molecule has 0 saturated carbocycles. The molecule has 0 bridgehead atoms. The molecule has 2 aromatic heterocycles. The van der Waals surface area contributed by atoms with Crippen LogP contribution in [0.5, 0.6) is 0 Å². The van der Waals surface area contributed by atoms with E-state index in [1.807, 2.05) is 22.2 Å². The Morgan fingerprint density at radius 1 is 1.47 bits per heavy atom. The first-order valence-corrected chi connectivity index (χ1v) is 7.01. The first kappa shape index (κ1) is 12.3. The first-order valence-electron chi connectivity index (χ1n) is 6.13. The average Bonchev–Trinajstić information content (AvgIpc) is 2.98. The van der Waals surface area contributed by atoms with E-state index in [1.165, 1.54) is 16.9 Å². The predicted octanol–water partition coefficient (Wildman–Crippen LogP) is 2.69. The minimum absolute atomic E-state index is 0.923. The normalized spacial score (nSPS) is 10.9. The Labute approximate surface area is 106 Å². The van der Waals surface area contributed by atoms with E-state index in [0.29, 0.717) is 0 Å². The van der Waals surface area contributed by atoms with E-state index < -0.39 is 0 Å². The standard InChI is InChI=1S/C13H19N3S/c1-2-6-14-9-12-10-15-16(11-12)7-5-13-4-3-8-17-13/h3-4,8,10-11,14H,2,5-7,9H2,1H3. The molecule has 0 aliphatic heterocycles. The molecular formula is C13H19N3S. The maximum Gasteiger partial charge on any atom is 0.0534 e. The summed E-state index contributed by atoms with van der Waals surface area (Å²) in [5.74, 6) is 0. The fourth-order valence-electron chi connectivity index (χ4n) is 1.71. The molecular weight excluding hydrogens is 230 g/mol. The number of nitrogens with zero attached hydrogens (tertiary/aromatic N) is 2. The molecule has 0 radical (unpaired) electrons. The molecule has 2 aromatic rings. The van der Waals surface area contributed by atoms with Crippen LogP contribution in [-0.2, 0) is 19.5 Å². The van der Waals surface area contributed by atoms with Gasteiger partial charge in [-0.25, -0.2) is 0 Å². The molecule has 0 atom stereocenters. The molecule has 0 fully saturated rings. The fraction of sp³-hybridized carbons (Fsp3) is 0.462. The summed E-state index contributed by atoms with van der Waals surface area (Å²) in [4.78, 5) is 1.42. The van der Waals surface area contributed by atoms with Gasteiger partial charge in [0.1, 0.15) is 0 Å². The zero-order valence-electron chi connectivity index (χ0n) is 10.2. The van der Waals surface area contributed by atoms with Gasteiger partial charge in [-0.15, -0.1) is 11.3 Å². The van der Waals surface area contributed by atoms with Crippen LogP contribution in [0.15, 0.2) is 29.9 Å². The lowest BCUT2D eigenvalue weighted by atomic mass is 10.3. The number of thiophene rings is 1. The minimum Gasteiger partial charge on any atom is -0.313 e. The number of rotatable bonds is 7. The van der Waals surface area contributed by atoms with Crippen LogP contribution in [-0.4, -0.2) is 16.3 Å². The second kappa shape index (κ2) is 6.57. The van der Waals surface area contributed by atoms with Gasteiger partial charge in [-0.3, -0.25) is 4.68 Å². The van der Waals surface area contributed by atoms with Gasteiger partial charge < -0.3 is 5.32 Å². The van der Waals surface area contributed by atoms with Crippen molar-refractivity contribution in [2.75, 3.05) is 6.54 Å². The summed E-state index contributed by atoms with van der Waals surface area (Å²) in [6, 6.07) is 4.28. The predicted molar refractivity (Wildman–Crippen MR) is 72.2 cm³/mol. The van der Waals surface area contributed by atoms with Crippen LogP contribution >= 0.6 is 11.3 Å². The van der Waals surface area contributed by atoms with E-state index in [4.69, 9.17) is 0 Å². The molecule has 0 unspecified atom stereocenters. The Morgan fingerprint density at radius 2 is 2.41 bits per heavy atom. The summed E-state index contributed by atoms with van der Waals surface area (Å²) in [5, 5.41) is 9.88. The first-order chi connectivity index (χ1) is 8.38. The summed E-state index contributed by atoms with van der Waals surface area (Å²) in [7, 11) is 0. The molecule has 3 nitrogen and oxygen atoms in total. The molecule has 2 rings (SSSR count). The zero-order chi connectivity index (χ0) is 11.9. The second-order valence-corrected chi connectivity index (χ2v) is 5.15. The van der Waals surface area contributed by atoms with Crippen molar-refractivity contribution in [1.82, 2.24) is 15.1 Å². The molecule has 2 heterocycles. The van der Waals surface area contributed by atoms with Crippen molar-refractivity contribution < 1.29 is 0 Å². The lowest BCUT2D eigenvalue weighted by Gasteiger charge is -2.00. The van der Waals surface area contributed by atoms with Crippen molar-refractivity contribution in [2.24, 2.45) is 0 Å². The van der Waals surface area contributed by atoms with Crippen molar-refractivity contribution in [2.45, 2.75) is 32.9 Å². The highest BCUT2D eigenvalue weighted by Crippen LogP contribution is 2.10. The summed E-state index contributed by atoms with van der Waals surface area (Å²) in [5.41, 5.74) is 1.27. The SMILES string of the molecule is CCCNCc1cnn(CCc2cccs2)c1. The average molecular weight is 249 g/mol. The van der Waals surface area contributed by atoms with Crippen molar-refractivity contribution in [3.05, 3.63) is 40.3 Å². The number of nitrogens with one attached hydrogen (secondary N) is 1. The third-order valence-electron chi connectivity index (χ3n) is 2.61. The van der Waals surface area contributed by atoms with E-state index in [9.17, 15) is 0 Å². The van der Waals surface area contributed by atoms with Gasteiger partial charge in [0.25, 0.3) is 0 Å². The van der Waals surface area contributed by atoms with Crippen LogP contribution in [0.1, 0.15) is 23.8 Å². The summed E-state index contributed by atoms with van der Waals surface area (Å²) in [6.45, 7) is 5.14. The summed E-state index contributed by atoms with van der Waals surface area (Å²) in [6.07, 6.45) is 6.33. The highest BCUT2D eigenvalue weighted by Gasteiger charge is 1.99. The fourth-order valence-corrected chi connectivity index (χ4v) is 2.41. The van der Waals surface area contributed by atoms with E-state index >= 15 is 0 Å². The molecule has 0 aliphatic rings. The van der Waals surface area contributed by atoms with Gasteiger partial charge in [0.15, 0.2) is 0 Å². The van der Waals surface area contributed by atoms with E-state index in [-0.39, 0.29) is 0 Å². The Kier molecular flexibility index (Phi) is 4.76. The van der Waals surface area contributed by atoms with Crippen LogP contribution < -0.4 is 5.32 Å². The summed E-state index contributed by atoms with van der Waals surface area (Å²) >= 11 is 1.81. The van der Waals surface area contributed by atoms with Gasteiger partial charge in [-0.1, -0.05) is 13.0 Å². The van der Waals surface area contributed by atoms with Gasteiger partial charge in [0, 0.05) is 36.1 Å². The lowest BCUT2D eigenvalue weighted by Crippen LogP contribution is -2.13. The van der Waals surface area contributed by atoms with Gasteiger partial charge >= 0.3 is 0 Å². The number of aryl methyl sites for hydroxylation is 2. The summed E-state index contributed by atoms with van der Waals surface area (Å²) < 4.78 is 2.03. The third kappa shape index (κ3) is 3.98. The third-order valence-corrected chi connectivity index (χ3v) is 3.55. The van der Waals surface area contributed by atoms with Crippen molar-refractivity contribution in [3.63, 3.8) is 0 Å². The van der Waals surface area contributed by atoms with Gasteiger partial charge in [0.2, 0.25) is 0 Å². The minimum atomic E-state index is 0.923. The molecule has 1 N–H and O–H groups in total. The Bertz CT molecular complexity index is 420. The van der Waals surface area contributed by atoms with Gasteiger partial charge in [-0.2, -0.15) is 5.10 Å².